The van der Waals surface area contributed by atoms with Crippen LogP contribution in [0.5, 0.6) is 0 Å². The number of nitrogens with zero attached hydrogens (tertiary/aromatic N) is 2. The van der Waals surface area contributed by atoms with Crippen LogP contribution in [0, 0.1) is 0 Å². The van der Waals surface area contributed by atoms with E-state index in [4.69, 9.17) is 4.74 Å². The summed E-state index contributed by atoms with van der Waals surface area (Å²) in [6.45, 7) is 1.11. The smallest absolute Gasteiger partial charge is 0.307 e. The highest BCUT2D eigenvalue weighted by molar-refractivity contribution is 7.19. The number of benzene rings is 1. The summed E-state index contributed by atoms with van der Waals surface area (Å²) in [6, 6.07) is 7.82. The average molecular weight is 348 g/mol. The molecule has 0 aliphatic rings. The summed E-state index contributed by atoms with van der Waals surface area (Å²) < 4.78 is 10.7. The van der Waals surface area contributed by atoms with Crippen LogP contribution < -0.4 is 0 Å². The molecule has 0 N–H and O–H groups in total. The third-order valence-electron chi connectivity index (χ3n) is 3.37. The first-order valence-corrected chi connectivity index (χ1v) is 8.34. The SMILES string of the molecule is COCCN(CCC(=O)OC)C(=O)C=Cc1nc2ccccc2s1. The number of carbonyl (C=O) groups is 2. The largest absolute Gasteiger partial charge is 0.469 e. The van der Waals surface area contributed by atoms with Gasteiger partial charge in [-0.2, -0.15) is 0 Å². The molecule has 0 bridgehead atoms. The highest BCUT2D eigenvalue weighted by Gasteiger charge is 2.13. The second-order valence-electron chi connectivity index (χ2n) is 5.00. The molecule has 7 heteroatoms. The molecule has 0 radical (unpaired) electrons. The molecule has 0 aliphatic heterocycles. The Morgan fingerprint density at radius 3 is 2.75 bits per heavy atom. The van der Waals surface area contributed by atoms with Crippen LogP contribution in [-0.4, -0.2) is 55.7 Å². The third kappa shape index (κ3) is 5.14. The van der Waals surface area contributed by atoms with Gasteiger partial charge in [-0.25, -0.2) is 4.98 Å². The average Bonchev–Trinajstić information content (AvgIpc) is 3.02. The molecular formula is C17H20N2O4S. The van der Waals surface area contributed by atoms with Gasteiger partial charge in [-0.1, -0.05) is 12.1 Å². The van der Waals surface area contributed by atoms with Crippen molar-refractivity contribution in [1.82, 2.24) is 9.88 Å². The molecule has 24 heavy (non-hydrogen) atoms. The first-order chi connectivity index (χ1) is 11.6. The van der Waals surface area contributed by atoms with Crippen molar-refractivity contribution in [3.8, 4) is 0 Å². The maximum atomic E-state index is 12.3. The van der Waals surface area contributed by atoms with Crippen molar-refractivity contribution >= 4 is 39.5 Å². The zero-order valence-corrected chi connectivity index (χ0v) is 14.5. The Morgan fingerprint density at radius 1 is 1.25 bits per heavy atom. The summed E-state index contributed by atoms with van der Waals surface area (Å²) in [6.07, 6.45) is 3.33. The summed E-state index contributed by atoms with van der Waals surface area (Å²) >= 11 is 1.52. The van der Waals surface area contributed by atoms with Gasteiger partial charge in [0, 0.05) is 26.3 Å². The lowest BCUT2D eigenvalue weighted by Crippen LogP contribution is -2.34. The van der Waals surface area contributed by atoms with Crippen LogP contribution in [0.4, 0.5) is 0 Å². The number of ether oxygens (including phenoxy) is 2. The van der Waals surface area contributed by atoms with Crippen LogP contribution >= 0.6 is 11.3 Å². The minimum atomic E-state index is -0.347. The number of carbonyl (C=O) groups excluding carboxylic acids is 2. The molecule has 1 aromatic heterocycles. The topological polar surface area (TPSA) is 68.7 Å². The van der Waals surface area contributed by atoms with E-state index in [2.05, 4.69) is 9.72 Å². The van der Waals surface area contributed by atoms with Gasteiger partial charge >= 0.3 is 5.97 Å². The molecule has 0 aliphatic carbocycles. The summed E-state index contributed by atoms with van der Waals surface area (Å²) in [5, 5.41) is 0.768. The van der Waals surface area contributed by atoms with E-state index in [0.717, 1.165) is 15.2 Å². The van der Waals surface area contributed by atoms with E-state index >= 15 is 0 Å². The molecule has 2 rings (SSSR count). The fourth-order valence-corrected chi connectivity index (χ4v) is 2.94. The van der Waals surface area contributed by atoms with Crippen molar-refractivity contribution in [2.75, 3.05) is 33.9 Å². The van der Waals surface area contributed by atoms with Gasteiger partial charge in [0.1, 0.15) is 5.01 Å². The molecular weight excluding hydrogens is 328 g/mol. The summed E-state index contributed by atoms with van der Waals surface area (Å²) in [5.74, 6) is -0.532. The van der Waals surface area contributed by atoms with Gasteiger partial charge in [-0.15, -0.1) is 11.3 Å². The second-order valence-corrected chi connectivity index (χ2v) is 6.06. The molecule has 2 aromatic rings. The fourth-order valence-electron chi connectivity index (χ4n) is 2.07. The van der Waals surface area contributed by atoms with E-state index in [0.29, 0.717) is 19.7 Å². The van der Waals surface area contributed by atoms with Crippen LogP contribution in [0.3, 0.4) is 0 Å². The number of hydrogen-bond acceptors (Lipinski definition) is 6. The fraction of sp³-hybridized carbons (Fsp3) is 0.353. The Kier molecular flexibility index (Phi) is 6.89. The number of esters is 1. The summed E-state index contributed by atoms with van der Waals surface area (Å²) in [5.41, 5.74) is 0.913. The number of para-hydroxylation sites is 1. The number of methoxy groups -OCH3 is 2. The minimum absolute atomic E-state index is 0.154. The van der Waals surface area contributed by atoms with Gasteiger partial charge in [0.05, 0.1) is 30.4 Å². The Morgan fingerprint density at radius 2 is 2.04 bits per heavy atom. The molecule has 1 amide bonds. The van der Waals surface area contributed by atoms with E-state index in [-0.39, 0.29) is 18.3 Å². The predicted octanol–water partition coefficient (Wildman–Crippen LogP) is 2.35. The second kappa shape index (κ2) is 9.14. The molecule has 0 saturated heterocycles. The van der Waals surface area contributed by atoms with Crippen molar-refractivity contribution in [1.29, 1.82) is 0 Å². The van der Waals surface area contributed by atoms with Gasteiger partial charge in [0.2, 0.25) is 5.91 Å². The van der Waals surface area contributed by atoms with Gasteiger partial charge in [0.15, 0.2) is 0 Å². The van der Waals surface area contributed by atoms with Crippen LogP contribution in [0.1, 0.15) is 11.4 Å². The molecule has 128 valence electrons. The van der Waals surface area contributed by atoms with Gasteiger partial charge in [0.25, 0.3) is 0 Å². The summed E-state index contributed by atoms with van der Waals surface area (Å²) in [4.78, 5) is 29.6. The molecule has 1 heterocycles. The van der Waals surface area contributed by atoms with Crippen molar-refractivity contribution in [3.05, 3.63) is 35.3 Å². The molecule has 6 nitrogen and oxygen atoms in total. The van der Waals surface area contributed by atoms with Crippen molar-refractivity contribution in [3.63, 3.8) is 0 Å². The van der Waals surface area contributed by atoms with Crippen LogP contribution in [0.2, 0.25) is 0 Å². The number of rotatable bonds is 8. The maximum absolute atomic E-state index is 12.3. The van der Waals surface area contributed by atoms with E-state index < -0.39 is 0 Å². The first kappa shape index (κ1) is 18.1. The van der Waals surface area contributed by atoms with Crippen molar-refractivity contribution in [2.24, 2.45) is 0 Å². The number of fused-ring (bicyclic) bond motifs is 1. The maximum Gasteiger partial charge on any atom is 0.307 e. The summed E-state index contributed by atoms with van der Waals surface area (Å²) in [7, 11) is 2.90. The monoisotopic (exact) mass is 348 g/mol. The lowest BCUT2D eigenvalue weighted by molar-refractivity contribution is -0.141. The molecule has 0 spiro atoms. The van der Waals surface area contributed by atoms with Crippen LogP contribution in [-0.2, 0) is 19.1 Å². The van der Waals surface area contributed by atoms with Crippen molar-refractivity contribution in [2.45, 2.75) is 6.42 Å². The predicted molar refractivity (Wildman–Crippen MR) is 93.7 cm³/mol. The van der Waals surface area contributed by atoms with Crippen molar-refractivity contribution < 1.29 is 19.1 Å². The van der Waals surface area contributed by atoms with Crippen LogP contribution in [0.25, 0.3) is 16.3 Å². The Labute approximate surface area is 144 Å². The highest BCUT2D eigenvalue weighted by Crippen LogP contribution is 2.22. The van der Waals surface area contributed by atoms with E-state index in [1.165, 1.54) is 24.5 Å². The zero-order chi connectivity index (χ0) is 17.4. The standard InChI is InChI=1S/C17H20N2O4S/c1-22-12-11-19(10-9-17(21)23-2)16(20)8-7-15-18-13-5-3-4-6-14(13)24-15/h3-8H,9-12H2,1-2H3. The molecule has 0 fully saturated rings. The number of amides is 1. The minimum Gasteiger partial charge on any atom is -0.469 e. The quantitative estimate of drug-likeness (QED) is 0.541. The number of thiazole rings is 1. The Balaban J connectivity index is 2.02. The van der Waals surface area contributed by atoms with E-state index in [1.807, 2.05) is 24.3 Å². The molecule has 0 saturated carbocycles. The number of hydrogen-bond donors (Lipinski definition) is 0. The molecule has 0 unspecified atom stereocenters. The lowest BCUT2D eigenvalue weighted by atomic mass is 10.3. The number of aromatic nitrogens is 1. The zero-order valence-electron chi connectivity index (χ0n) is 13.7. The lowest BCUT2D eigenvalue weighted by Gasteiger charge is -2.20. The first-order valence-electron chi connectivity index (χ1n) is 7.52. The Hall–Kier alpha value is -2.25. The van der Waals surface area contributed by atoms with Crippen LogP contribution in [0.15, 0.2) is 30.3 Å². The van der Waals surface area contributed by atoms with E-state index in [9.17, 15) is 9.59 Å². The Bertz CT molecular complexity index is 693. The van der Waals surface area contributed by atoms with Gasteiger partial charge in [-0.3, -0.25) is 9.59 Å². The van der Waals surface area contributed by atoms with E-state index in [1.54, 1.807) is 18.1 Å². The highest BCUT2D eigenvalue weighted by atomic mass is 32.1. The third-order valence-corrected chi connectivity index (χ3v) is 4.37. The molecule has 1 aromatic carbocycles. The van der Waals surface area contributed by atoms with Gasteiger partial charge in [-0.05, 0) is 18.2 Å². The normalized spacial score (nSPS) is 11.1. The molecule has 0 atom stereocenters. The van der Waals surface area contributed by atoms with Gasteiger partial charge < -0.3 is 14.4 Å².